The van der Waals surface area contributed by atoms with Crippen molar-refractivity contribution >= 4 is 34.9 Å². The summed E-state index contributed by atoms with van der Waals surface area (Å²) in [4.78, 5) is 12.8. The van der Waals surface area contributed by atoms with Crippen LogP contribution in [0.25, 0.3) is 11.4 Å². The van der Waals surface area contributed by atoms with Crippen LogP contribution in [0.4, 0.5) is 0 Å². The van der Waals surface area contributed by atoms with E-state index in [0.29, 0.717) is 11.0 Å². The molecule has 0 aliphatic rings. The Morgan fingerprint density at radius 3 is 2.68 bits per heavy atom. The van der Waals surface area contributed by atoms with E-state index in [-0.39, 0.29) is 0 Å². The van der Waals surface area contributed by atoms with Crippen LogP contribution in [0.15, 0.2) is 52.1 Å². The summed E-state index contributed by atoms with van der Waals surface area (Å²) < 4.78 is 4.78. The second-order valence-corrected chi connectivity index (χ2v) is 5.96. The predicted molar refractivity (Wildman–Crippen MR) is 76.5 cm³/mol. The van der Waals surface area contributed by atoms with Crippen molar-refractivity contribution in [3.05, 3.63) is 47.9 Å². The molecular formula is C12H7ClN4S2. The molecule has 94 valence electrons. The summed E-state index contributed by atoms with van der Waals surface area (Å²) in [6.45, 7) is 0. The van der Waals surface area contributed by atoms with Crippen LogP contribution in [0.5, 0.6) is 0 Å². The molecule has 0 amide bonds. The molecule has 0 spiro atoms. The minimum absolute atomic E-state index is 0.417. The van der Waals surface area contributed by atoms with E-state index >= 15 is 0 Å². The first kappa shape index (κ1) is 12.5. The average Bonchev–Trinajstić information content (AvgIpc) is 2.92. The molecule has 0 fully saturated rings. The van der Waals surface area contributed by atoms with Gasteiger partial charge in [0.25, 0.3) is 0 Å². The van der Waals surface area contributed by atoms with Crippen molar-refractivity contribution in [1.29, 1.82) is 0 Å². The van der Waals surface area contributed by atoms with E-state index in [1.165, 1.54) is 29.6 Å². The summed E-state index contributed by atoms with van der Waals surface area (Å²) in [7, 11) is 0. The summed E-state index contributed by atoms with van der Waals surface area (Å²) in [5.41, 5.74) is 0.934. The SMILES string of the molecule is Clc1cc(Sc2ncns2)nc(-c2ccccc2)n1. The van der Waals surface area contributed by atoms with Gasteiger partial charge in [-0.25, -0.2) is 15.0 Å². The Hall–Kier alpha value is -1.50. The highest BCUT2D eigenvalue weighted by Gasteiger charge is 2.08. The first-order valence-electron chi connectivity index (χ1n) is 5.36. The van der Waals surface area contributed by atoms with Crippen molar-refractivity contribution in [3.63, 3.8) is 0 Å². The molecule has 0 saturated carbocycles. The molecule has 3 aromatic rings. The molecule has 3 rings (SSSR count). The Morgan fingerprint density at radius 1 is 1.11 bits per heavy atom. The lowest BCUT2D eigenvalue weighted by atomic mass is 10.2. The molecule has 19 heavy (non-hydrogen) atoms. The van der Waals surface area contributed by atoms with E-state index in [2.05, 4.69) is 19.3 Å². The van der Waals surface area contributed by atoms with Crippen LogP contribution >= 0.6 is 34.9 Å². The minimum Gasteiger partial charge on any atom is -0.221 e. The molecule has 0 aliphatic heterocycles. The molecule has 2 heterocycles. The molecule has 0 aliphatic carbocycles. The second kappa shape index (κ2) is 5.64. The smallest absolute Gasteiger partial charge is 0.175 e. The number of benzene rings is 1. The third-order valence-corrected chi connectivity index (χ3v) is 4.06. The molecular weight excluding hydrogens is 300 g/mol. The van der Waals surface area contributed by atoms with Gasteiger partial charge in [-0.1, -0.05) is 41.9 Å². The molecule has 7 heteroatoms. The van der Waals surface area contributed by atoms with Crippen LogP contribution in [0.2, 0.25) is 5.15 Å². The summed E-state index contributed by atoms with van der Waals surface area (Å²) in [5.74, 6) is 0.611. The maximum atomic E-state index is 6.04. The Balaban J connectivity index is 1.97. The molecule has 0 unspecified atom stereocenters. The van der Waals surface area contributed by atoms with Gasteiger partial charge in [-0.15, -0.1) is 0 Å². The van der Waals surface area contributed by atoms with Crippen molar-refractivity contribution < 1.29 is 0 Å². The van der Waals surface area contributed by atoms with Crippen LogP contribution < -0.4 is 0 Å². The summed E-state index contributed by atoms with van der Waals surface area (Å²) >= 11 is 8.79. The highest BCUT2D eigenvalue weighted by atomic mass is 35.5. The third kappa shape index (κ3) is 3.09. The molecule has 0 radical (unpaired) electrons. The zero-order valence-electron chi connectivity index (χ0n) is 9.52. The van der Waals surface area contributed by atoms with Crippen molar-refractivity contribution in [2.24, 2.45) is 0 Å². The van der Waals surface area contributed by atoms with Gasteiger partial charge in [-0.2, -0.15) is 4.37 Å². The Bertz CT molecular complexity index is 673. The fraction of sp³-hybridized carbons (Fsp3) is 0. The maximum Gasteiger partial charge on any atom is 0.175 e. The van der Waals surface area contributed by atoms with E-state index in [4.69, 9.17) is 11.6 Å². The predicted octanol–water partition coefficient (Wildman–Crippen LogP) is 3.80. The molecule has 0 N–H and O–H groups in total. The number of aromatic nitrogens is 4. The third-order valence-electron chi connectivity index (χ3n) is 2.24. The fourth-order valence-electron chi connectivity index (χ4n) is 1.46. The normalized spacial score (nSPS) is 10.6. The van der Waals surface area contributed by atoms with Crippen LogP contribution in [0.3, 0.4) is 0 Å². The van der Waals surface area contributed by atoms with Gasteiger partial charge >= 0.3 is 0 Å². The fourth-order valence-corrected chi connectivity index (χ4v) is 3.11. The molecule has 4 nitrogen and oxygen atoms in total. The highest BCUT2D eigenvalue weighted by Crippen LogP contribution is 2.29. The topological polar surface area (TPSA) is 51.6 Å². The van der Waals surface area contributed by atoms with E-state index in [0.717, 1.165) is 14.9 Å². The zero-order valence-corrected chi connectivity index (χ0v) is 11.9. The van der Waals surface area contributed by atoms with Crippen LogP contribution in [0, 0.1) is 0 Å². The van der Waals surface area contributed by atoms with Crippen molar-refractivity contribution in [3.8, 4) is 11.4 Å². The summed E-state index contributed by atoms with van der Waals surface area (Å²) in [5, 5.41) is 1.18. The van der Waals surface area contributed by atoms with Gasteiger partial charge in [0.15, 0.2) is 10.2 Å². The Labute approximate surface area is 123 Å². The molecule has 0 atom stereocenters. The van der Waals surface area contributed by atoms with E-state index < -0.39 is 0 Å². The lowest BCUT2D eigenvalue weighted by molar-refractivity contribution is 1.05. The van der Waals surface area contributed by atoms with Crippen molar-refractivity contribution in [2.45, 2.75) is 9.37 Å². The Morgan fingerprint density at radius 2 is 1.95 bits per heavy atom. The highest BCUT2D eigenvalue weighted by molar-refractivity contribution is 8.00. The van der Waals surface area contributed by atoms with Gasteiger partial charge in [0.05, 0.1) is 0 Å². The first-order chi connectivity index (χ1) is 9.31. The van der Waals surface area contributed by atoms with Gasteiger partial charge in [0.1, 0.15) is 16.5 Å². The molecule has 1 aromatic carbocycles. The lowest BCUT2D eigenvalue weighted by Gasteiger charge is -2.03. The van der Waals surface area contributed by atoms with Crippen LogP contribution in [-0.4, -0.2) is 19.3 Å². The van der Waals surface area contributed by atoms with Gasteiger partial charge in [-0.05, 0) is 23.3 Å². The molecule has 0 saturated heterocycles. The first-order valence-corrected chi connectivity index (χ1v) is 7.32. The second-order valence-electron chi connectivity index (χ2n) is 3.53. The van der Waals surface area contributed by atoms with Crippen LogP contribution in [-0.2, 0) is 0 Å². The quantitative estimate of drug-likeness (QED) is 0.689. The number of nitrogens with zero attached hydrogens (tertiary/aromatic N) is 4. The Kier molecular flexibility index (Phi) is 3.72. The number of halogens is 1. The maximum absolute atomic E-state index is 6.04. The standard InChI is InChI=1S/C12H7ClN4S2/c13-9-6-10(18-12-14-7-15-19-12)17-11(16-9)8-4-2-1-3-5-8/h1-7H. The molecule has 0 bridgehead atoms. The van der Waals surface area contributed by atoms with E-state index in [9.17, 15) is 0 Å². The molecule has 2 aromatic heterocycles. The largest absolute Gasteiger partial charge is 0.221 e. The lowest BCUT2D eigenvalue weighted by Crippen LogP contribution is -1.91. The number of hydrogen-bond donors (Lipinski definition) is 0. The van der Waals surface area contributed by atoms with Crippen molar-refractivity contribution in [1.82, 2.24) is 19.3 Å². The van der Waals surface area contributed by atoms with Crippen LogP contribution in [0.1, 0.15) is 0 Å². The van der Waals surface area contributed by atoms with Gasteiger partial charge in [0.2, 0.25) is 0 Å². The minimum atomic E-state index is 0.417. The van der Waals surface area contributed by atoms with Crippen molar-refractivity contribution in [2.75, 3.05) is 0 Å². The monoisotopic (exact) mass is 306 g/mol. The summed E-state index contributed by atoms with van der Waals surface area (Å²) in [6.07, 6.45) is 1.52. The van der Waals surface area contributed by atoms with Gasteiger partial charge in [0, 0.05) is 11.6 Å². The average molecular weight is 307 g/mol. The number of hydrogen-bond acceptors (Lipinski definition) is 6. The zero-order chi connectivity index (χ0) is 13.1. The van der Waals surface area contributed by atoms with E-state index in [1.807, 2.05) is 30.3 Å². The number of rotatable bonds is 3. The van der Waals surface area contributed by atoms with Gasteiger partial charge in [-0.3, -0.25) is 0 Å². The summed E-state index contributed by atoms with van der Waals surface area (Å²) in [6, 6.07) is 11.5. The van der Waals surface area contributed by atoms with E-state index in [1.54, 1.807) is 6.07 Å². The van der Waals surface area contributed by atoms with Gasteiger partial charge < -0.3 is 0 Å².